The van der Waals surface area contributed by atoms with Crippen LogP contribution in [0.5, 0.6) is 0 Å². The number of aromatic nitrogens is 6. The predicted molar refractivity (Wildman–Crippen MR) is 124 cm³/mol. The van der Waals surface area contributed by atoms with Crippen molar-refractivity contribution in [1.82, 2.24) is 29.9 Å². The molecule has 0 spiro atoms. The number of alkyl halides is 2. The maximum Gasteiger partial charge on any atom is 0.413 e. The number of nitrogens with one attached hydrogen (secondary N) is 2. The second-order valence-corrected chi connectivity index (χ2v) is 7.77. The van der Waals surface area contributed by atoms with Gasteiger partial charge in [0, 0.05) is 25.1 Å². The summed E-state index contributed by atoms with van der Waals surface area (Å²) in [6.45, 7) is 1.34. The molecule has 0 fully saturated rings. The van der Waals surface area contributed by atoms with Gasteiger partial charge in [-0.15, -0.1) is 5.10 Å². The maximum atomic E-state index is 13.9. The van der Waals surface area contributed by atoms with Crippen LogP contribution in [0.15, 0.2) is 48.9 Å². The molecule has 38 heavy (non-hydrogen) atoms. The van der Waals surface area contributed by atoms with E-state index >= 15 is 0 Å². The van der Waals surface area contributed by atoms with Crippen molar-refractivity contribution in [1.29, 1.82) is 0 Å². The summed E-state index contributed by atoms with van der Waals surface area (Å²) in [5.74, 6) is -2.32. The lowest BCUT2D eigenvalue weighted by Crippen LogP contribution is -2.19. The smallest absolute Gasteiger partial charge is 0.413 e. The molecule has 0 saturated carbocycles. The maximum absolute atomic E-state index is 13.9. The summed E-state index contributed by atoms with van der Waals surface area (Å²) in [6.07, 6.45) is -1.90. The lowest BCUT2D eigenvalue weighted by molar-refractivity contribution is 0.102. The van der Waals surface area contributed by atoms with Crippen LogP contribution in [-0.4, -0.2) is 41.9 Å². The van der Waals surface area contributed by atoms with Crippen molar-refractivity contribution in [2.45, 2.75) is 19.5 Å². The predicted octanol–water partition coefficient (Wildman–Crippen LogP) is 4.44. The SMILES string of the molecule is C[C@@H](OC(=O)Nc1c(-c2ccc(C(=O)Nc3ccnc(C(F)F)c3)cn2)nnn1C)c1cc(F)cnc1F. The van der Waals surface area contributed by atoms with Crippen LogP contribution in [-0.2, 0) is 11.8 Å². The highest BCUT2D eigenvalue weighted by atomic mass is 19.3. The fraction of sp³-hybridized carbons (Fsp3) is 0.174. The van der Waals surface area contributed by atoms with Gasteiger partial charge >= 0.3 is 6.09 Å². The summed E-state index contributed by atoms with van der Waals surface area (Å²) in [7, 11) is 1.48. The number of anilines is 2. The number of amides is 2. The number of hydrogen-bond donors (Lipinski definition) is 2. The van der Waals surface area contributed by atoms with Gasteiger partial charge in [-0.3, -0.25) is 20.1 Å². The fourth-order valence-electron chi connectivity index (χ4n) is 3.26. The van der Waals surface area contributed by atoms with Crippen molar-refractivity contribution in [3.8, 4) is 11.4 Å². The van der Waals surface area contributed by atoms with Crippen molar-refractivity contribution in [3.63, 3.8) is 0 Å². The van der Waals surface area contributed by atoms with E-state index in [9.17, 15) is 27.2 Å². The van der Waals surface area contributed by atoms with Crippen molar-refractivity contribution < 1.29 is 31.9 Å². The van der Waals surface area contributed by atoms with Gasteiger partial charge in [-0.2, -0.15) is 4.39 Å². The Labute approximate surface area is 211 Å². The van der Waals surface area contributed by atoms with Crippen molar-refractivity contribution in [3.05, 3.63) is 77.5 Å². The van der Waals surface area contributed by atoms with Gasteiger partial charge in [0.15, 0.2) is 11.5 Å². The molecule has 0 aliphatic carbocycles. The Hall–Kier alpha value is -4.95. The molecule has 1 atom stereocenters. The molecule has 2 amide bonds. The molecule has 2 N–H and O–H groups in total. The minimum Gasteiger partial charge on any atom is -0.441 e. The molecule has 4 rings (SSSR count). The number of nitrogens with zero attached hydrogens (tertiary/aromatic N) is 6. The summed E-state index contributed by atoms with van der Waals surface area (Å²) in [6, 6.07) is 6.13. The number of hydrogen-bond acceptors (Lipinski definition) is 8. The van der Waals surface area contributed by atoms with Gasteiger partial charge in [0.05, 0.1) is 23.0 Å². The van der Waals surface area contributed by atoms with Gasteiger partial charge in [-0.05, 0) is 37.3 Å². The van der Waals surface area contributed by atoms with Gasteiger partial charge in [-0.25, -0.2) is 27.6 Å². The second kappa shape index (κ2) is 11.0. The zero-order valence-corrected chi connectivity index (χ0v) is 19.7. The molecule has 0 radical (unpaired) electrons. The highest BCUT2D eigenvalue weighted by Crippen LogP contribution is 2.26. The largest absolute Gasteiger partial charge is 0.441 e. The quantitative estimate of drug-likeness (QED) is 0.264. The third-order valence-electron chi connectivity index (χ3n) is 5.13. The molecule has 15 heteroatoms. The molecule has 4 heterocycles. The van der Waals surface area contributed by atoms with E-state index in [0.29, 0.717) is 6.20 Å². The van der Waals surface area contributed by atoms with E-state index in [2.05, 4.69) is 35.9 Å². The average molecular weight is 530 g/mol. The first kappa shape index (κ1) is 26.1. The van der Waals surface area contributed by atoms with Crippen LogP contribution in [0.25, 0.3) is 11.4 Å². The summed E-state index contributed by atoms with van der Waals surface area (Å²) < 4.78 is 59.3. The molecule has 0 saturated heterocycles. The van der Waals surface area contributed by atoms with Crippen molar-refractivity contribution in [2.24, 2.45) is 7.05 Å². The normalized spacial score (nSPS) is 11.8. The number of pyridine rings is 3. The standard InChI is InChI=1S/C23H18F4N8O3/c1-11(15-7-13(24)10-30-20(15)27)38-23(37)32-21-18(33-34-35(21)2)16-4-3-12(9-29-16)22(36)31-14-5-6-28-17(8-14)19(25)26/h3-11,19H,1-2H3,(H,32,37)(H,28,31,36)/t11-/m1/s1. The van der Waals surface area contributed by atoms with E-state index in [1.54, 1.807) is 0 Å². The van der Waals surface area contributed by atoms with E-state index in [-0.39, 0.29) is 34.0 Å². The number of carbonyl (C=O) groups is 2. The first-order chi connectivity index (χ1) is 18.1. The summed E-state index contributed by atoms with van der Waals surface area (Å²) >= 11 is 0. The van der Waals surface area contributed by atoms with Gasteiger partial charge in [0.2, 0.25) is 5.95 Å². The Morgan fingerprint density at radius 2 is 1.82 bits per heavy atom. The van der Waals surface area contributed by atoms with Crippen LogP contribution in [0.1, 0.15) is 41.1 Å². The first-order valence-electron chi connectivity index (χ1n) is 10.8. The lowest BCUT2D eigenvalue weighted by atomic mass is 10.2. The molecule has 196 valence electrons. The first-order valence-corrected chi connectivity index (χ1v) is 10.8. The Balaban J connectivity index is 1.46. The molecule has 4 aromatic heterocycles. The monoisotopic (exact) mass is 530 g/mol. The number of rotatable bonds is 7. The molecule has 4 aromatic rings. The molecular formula is C23H18F4N8O3. The Bertz CT molecular complexity index is 1480. The third kappa shape index (κ3) is 5.88. The second-order valence-electron chi connectivity index (χ2n) is 7.77. The van der Waals surface area contributed by atoms with E-state index in [1.165, 1.54) is 43.0 Å². The number of aryl methyl sites for hydroxylation is 1. The summed E-state index contributed by atoms with van der Waals surface area (Å²) in [5, 5.41) is 12.7. The van der Waals surface area contributed by atoms with Crippen LogP contribution in [0.4, 0.5) is 33.9 Å². The third-order valence-corrected chi connectivity index (χ3v) is 5.13. The highest BCUT2D eigenvalue weighted by molar-refractivity contribution is 6.04. The summed E-state index contributed by atoms with van der Waals surface area (Å²) in [4.78, 5) is 35.9. The summed E-state index contributed by atoms with van der Waals surface area (Å²) in [5.41, 5.74) is -0.144. The molecule has 0 aliphatic heterocycles. The van der Waals surface area contributed by atoms with Crippen LogP contribution in [0.3, 0.4) is 0 Å². The number of ether oxygens (including phenoxy) is 1. The molecule has 0 aliphatic rings. The van der Waals surface area contributed by atoms with Crippen molar-refractivity contribution >= 4 is 23.5 Å². The van der Waals surface area contributed by atoms with E-state index in [1.807, 2.05) is 0 Å². The molecule has 11 nitrogen and oxygen atoms in total. The average Bonchev–Trinajstić information content (AvgIpc) is 3.25. The molecule has 0 bridgehead atoms. The minimum absolute atomic E-state index is 0.0704. The van der Waals surface area contributed by atoms with Crippen LogP contribution >= 0.6 is 0 Å². The minimum atomic E-state index is -2.79. The van der Waals surface area contributed by atoms with E-state index in [4.69, 9.17) is 4.74 Å². The number of halogens is 4. The Kier molecular flexibility index (Phi) is 7.55. The van der Waals surface area contributed by atoms with Gasteiger partial charge in [0.25, 0.3) is 12.3 Å². The van der Waals surface area contributed by atoms with E-state index in [0.717, 1.165) is 18.3 Å². The zero-order valence-electron chi connectivity index (χ0n) is 19.7. The Morgan fingerprint density at radius 1 is 1.03 bits per heavy atom. The van der Waals surface area contributed by atoms with Gasteiger partial charge < -0.3 is 10.1 Å². The van der Waals surface area contributed by atoms with E-state index < -0.39 is 42.0 Å². The lowest BCUT2D eigenvalue weighted by Gasteiger charge is -2.15. The van der Waals surface area contributed by atoms with Gasteiger partial charge in [-0.1, -0.05) is 5.21 Å². The van der Waals surface area contributed by atoms with Crippen LogP contribution in [0.2, 0.25) is 0 Å². The van der Waals surface area contributed by atoms with Crippen molar-refractivity contribution in [2.75, 3.05) is 10.6 Å². The van der Waals surface area contributed by atoms with Crippen LogP contribution < -0.4 is 10.6 Å². The van der Waals surface area contributed by atoms with Gasteiger partial charge in [0.1, 0.15) is 17.6 Å². The molecular weight excluding hydrogens is 512 g/mol. The topological polar surface area (TPSA) is 137 Å². The Morgan fingerprint density at radius 3 is 2.53 bits per heavy atom. The zero-order chi connectivity index (χ0) is 27.4. The highest BCUT2D eigenvalue weighted by Gasteiger charge is 2.22. The number of carbonyl (C=O) groups excluding carboxylic acids is 2. The molecule has 0 unspecified atom stereocenters. The van der Waals surface area contributed by atoms with Crippen LogP contribution in [0, 0.1) is 11.8 Å². The molecule has 0 aromatic carbocycles. The fourth-order valence-corrected chi connectivity index (χ4v) is 3.26.